The van der Waals surface area contributed by atoms with Gasteiger partial charge in [-0.05, 0) is 63.5 Å². The van der Waals surface area contributed by atoms with Crippen molar-refractivity contribution in [2.45, 2.75) is 69.4 Å². The lowest BCUT2D eigenvalue weighted by molar-refractivity contribution is -0.135. The normalized spacial score (nSPS) is 22.9. The van der Waals surface area contributed by atoms with Gasteiger partial charge in [0.25, 0.3) is 0 Å². The van der Waals surface area contributed by atoms with Crippen LogP contribution in [0.2, 0.25) is 0 Å². The number of likely N-dealkylation sites (N-methyl/N-ethyl adjacent to an activating group) is 1. The maximum Gasteiger partial charge on any atom is 0.243 e. The number of nitrogens with zero attached hydrogens (tertiary/aromatic N) is 2. The molecule has 0 saturated heterocycles. The number of amides is 1. The van der Waals surface area contributed by atoms with E-state index in [2.05, 4.69) is 6.92 Å². The predicted octanol–water partition coefficient (Wildman–Crippen LogP) is 3.08. The van der Waals surface area contributed by atoms with E-state index in [4.69, 9.17) is 0 Å². The number of hydrogen-bond donors (Lipinski definition) is 0. The average molecular weight is 407 g/mol. The Hall–Kier alpha value is -1.73. The van der Waals surface area contributed by atoms with Gasteiger partial charge in [-0.3, -0.25) is 9.59 Å². The van der Waals surface area contributed by atoms with Crippen LogP contribution in [-0.4, -0.2) is 55.0 Å². The molecule has 0 spiro atoms. The van der Waals surface area contributed by atoms with Crippen LogP contribution in [0.5, 0.6) is 0 Å². The van der Waals surface area contributed by atoms with Gasteiger partial charge in [0, 0.05) is 24.7 Å². The lowest BCUT2D eigenvalue weighted by Gasteiger charge is -2.37. The Bertz CT molecular complexity index is 822. The molecule has 0 heterocycles. The zero-order chi connectivity index (χ0) is 20.5. The van der Waals surface area contributed by atoms with Crippen molar-refractivity contribution in [3.05, 3.63) is 29.8 Å². The molecule has 28 heavy (non-hydrogen) atoms. The van der Waals surface area contributed by atoms with Crippen molar-refractivity contribution in [3.8, 4) is 0 Å². The molecule has 0 unspecified atom stereocenters. The van der Waals surface area contributed by atoms with Gasteiger partial charge in [-0.2, -0.15) is 4.31 Å². The predicted molar refractivity (Wildman–Crippen MR) is 108 cm³/mol. The minimum atomic E-state index is -3.78. The smallest absolute Gasteiger partial charge is 0.243 e. The molecule has 2 saturated carbocycles. The van der Waals surface area contributed by atoms with E-state index in [0.29, 0.717) is 11.5 Å². The second kappa shape index (κ2) is 8.33. The van der Waals surface area contributed by atoms with Gasteiger partial charge in [-0.1, -0.05) is 19.1 Å². The van der Waals surface area contributed by atoms with Gasteiger partial charge in [-0.25, -0.2) is 8.42 Å². The summed E-state index contributed by atoms with van der Waals surface area (Å²) in [6.45, 7) is 3.53. The fourth-order valence-electron chi connectivity index (χ4n) is 3.98. The lowest BCUT2D eigenvalue weighted by Crippen LogP contribution is -2.48. The first kappa shape index (κ1) is 21.0. The highest BCUT2D eigenvalue weighted by molar-refractivity contribution is 7.89. The maximum atomic E-state index is 13.0. The summed E-state index contributed by atoms with van der Waals surface area (Å²) >= 11 is 0. The standard InChI is InChI=1S/C21H30N2O4S/c1-15-4-8-18(9-5-15)23(19-10-11-19)21(25)14-22(3)28(26,27)20-12-6-17(7-13-20)16(2)24/h6-7,12-13,15,18-19H,4-5,8-11,14H2,1-3H3. The van der Waals surface area contributed by atoms with Crippen LogP contribution < -0.4 is 0 Å². The number of rotatable bonds is 7. The number of ketones is 1. The highest BCUT2D eigenvalue weighted by Gasteiger charge is 2.39. The summed E-state index contributed by atoms with van der Waals surface area (Å²) in [5.41, 5.74) is 0.462. The van der Waals surface area contributed by atoms with Crippen molar-refractivity contribution in [2.75, 3.05) is 13.6 Å². The van der Waals surface area contributed by atoms with E-state index in [1.165, 1.54) is 38.2 Å². The third kappa shape index (κ3) is 4.63. The van der Waals surface area contributed by atoms with Crippen molar-refractivity contribution in [1.29, 1.82) is 0 Å². The molecule has 0 bridgehead atoms. The fraction of sp³-hybridized carbons (Fsp3) is 0.619. The molecular formula is C21H30N2O4S. The molecule has 154 valence electrons. The Kier molecular flexibility index (Phi) is 6.25. The van der Waals surface area contributed by atoms with E-state index >= 15 is 0 Å². The first-order valence-electron chi connectivity index (χ1n) is 10.1. The molecule has 0 N–H and O–H groups in total. The summed E-state index contributed by atoms with van der Waals surface area (Å²) in [6, 6.07) is 6.37. The van der Waals surface area contributed by atoms with Crippen LogP contribution in [0.4, 0.5) is 0 Å². The molecule has 6 nitrogen and oxygen atoms in total. The second-order valence-corrected chi connectivity index (χ2v) is 10.3. The minimum Gasteiger partial charge on any atom is -0.336 e. The van der Waals surface area contributed by atoms with Crippen LogP contribution in [0.1, 0.15) is 62.7 Å². The number of carbonyl (C=O) groups is 2. The molecule has 0 atom stereocenters. The summed E-state index contributed by atoms with van der Waals surface area (Å²) < 4.78 is 26.8. The monoisotopic (exact) mass is 406 g/mol. The van der Waals surface area contributed by atoms with E-state index in [1.807, 2.05) is 4.90 Å². The molecule has 1 aromatic carbocycles. The molecule has 1 amide bonds. The summed E-state index contributed by atoms with van der Waals surface area (Å²) in [7, 11) is -2.34. The number of benzene rings is 1. The van der Waals surface area contributed by atoms with Gasteiger partial charge < -0.3 is 4.90 Å². The molecule has 0 aromatic heterocycles. The molecule has 3 rings (SSSR count). The first-order chi connectivity index (χ1) is 13.2. The van der Waals surface area contributed by atoms with E-state index in [9.17, 15) is 18.0 Å². The zero-order valence-corrected chi connectivity index (χ0v) is 17.7. The molecule has 0 aliphatic heterocycles. The van der Waals surface area contributed by atoms with Gasteiger partial charge in [-0.15, -0.1) is 0 Å². The zero-order valence-electron chi connectivity index (χ0n) is 16.9. The van der Waals surface area contributed by atoms with Gasteiger partial charge in [0.2, 0.25) is 15.9 Å². The van der Waals surface area contributed by atoms with Crippen LogP contribution in [-0.2, 0) is 14.8 Å². The van der Waals surface area contributed by atoms with Crippen molar-refractivity contribution in [2.24, 2.45) is 5.92 Å². The maximum absolute atomic E-state index is 13.0. The van der Waals surface area contributed by atoms with Crippen molar-refractivity contribution < 1.29 is 18.0 Å². The quantitative estimate of drug-likeness (QED) is 0.652. The van der Waals surface area contributed by atoms with E-state index in [1.54, 1.807) is 0 Å². The molecular weight excluding hydrogens is 376 g/mol. The van der Waals surface area contributed by atoms with E-state index < -0.39 is 10.0 Å². The molecule has 2 fully saturated rings. The highest BCUT2D eigenvalue weighted by atomic mass is 32.2. The summed E-state index contributed by atoms with van der Waals surface area (Å²) in [4.78, 5) is 26.5. The molecule has 1 aromatic rings. The fourth-order valence-corrected chi connectivity index (χ4v) is 5.10. The van der Waals surface area contributed by atoms with Gasteiger partial charge in [0.1, 0.15) is 0 Å². The van der Waals surface area contributed by atoms with Crippen molar-refractivity contribution in [1.82, 2.24) is 9.21 Å². The molecule has 7 heteroatoms. The average Bonchev–Trinajstić information content (AvgIpc) is 3.48. The van der Waals surface area contributed by atoms with Crippen LogP contribution in [0.3, 0.4) is 0 Å². The Balaban J connectivity index is 1.70. The Labute approximate surface area is 167 Å². The second-order valence-electron chi connectivity index (χ2n) is 8.29. The molecule has 2 aliphatic rings. The number of hydrogen-bond acceptors (Lipinski definition) is 4. The minimum absolute atomic E-state index is 0.0947. The van der Waals surface area contributed by atoms with Crippen LogP contribution >= 0.6 is 0 Å². The first-order valence-corrected chi connectivity index (χ1v) is 11.5. The molecule has 0 radical (unpaired) electrons. The van der Waals surface area contributed by atoms with Gasteiger partial charge in [0.05, 0.1) is 11.4 Å². The summed E-state index contributed by atoms with van der Waals surface area (Å²) in [5, 5.41) is 0. The Morgan fingerprint density at radius 1 is 0.964 bits per heavy atom. The Morgan fingerprint density at radius 2 is 1.46 bits per heavy atom. The van der Waals surface area contributed by atoms with E-state index in [-0.39, 0.29) is 35.2 Å². The van der Waals surface area contributed by atoms with Gasteiger partial charge >= 0.3 is 0 Å². The number of Topliss-reactive ketones (excluding diaryl/α,β-unsaturated/α-hetero) is 1. The molecule has 2 aliphatic carbocycles. The van der Waals surface area contributed by atoms with Crippen LogP contribution in [0.25, 0.3) is 0 Å². The summed E-state index contributed by atoms with van der Waals surface area (Å²) in [6.07, 6.45) is 6.29. The van der Waals surface area contributed by atoms with E-state index in [0.717, 1.165) is 42.8 Å². The number of sulfonamides is 1. The highest BCUT2D eigenvalue weighted by Crippen LogP contribution is 2.35. The van der Waals surface area contributed by atoms with Crippen LogP contribution in [0.15, 0.2) is 29.2 Å². The summed E-state index contributed by atoms with van der Waals surface area (Å²) in [5.74, 6) is 0.483. The topological polar surface area (TPSA) is 74.8 Å². The van der Waals surface area contributed by atoms with Crippen molar-refractivity contribution in [3.63, 3.8) is 0 Å². The SMILES string of the molecule is CC(=O)c1ccc(S(=O)(=O)N(C)CC(=O)N(C2CCC(C)CC2)C2CC2)cc1. The third-order valence-electron chi connectivity index (χ3n) is 5.93. The lowest BCUT2D eigenvalue weighted by atomic mass is 9.86. The van der Waals surface area contributed by atoms with Crippen molar-refractivity contribution >= 4 is 21.7 Å². The van der Waals surface area contributed by atoms with Gasteiger partial charge in [0.15, 0.2) is 5.78 Å². The third-order valence-corrected chi connectivity index (χ3v) is 7.75. The Morgan fingerprint density at radius 3 is 1.93 bits per heavy atom. The number of carbonyl (C=O) groups excluding carboxylic acids is 2. The largest absolute Gasteiger partial charge is 0.336 e. The van der Waals surface area contributed by atoms with Crippen LogP contribution in [0, 0.1) is 5.92 Å².